The van der Waals surface area contributed by atoms with E-state index in [1.54, 1.807) is 0 Å². The second-order valence-corrected chi connectivity index (χ2v) is 6.39. The Hall–Kier alpha value is -0.740. The van der Waals surface area contributed by atoms with Crippen molar-refractivity contribution in [1.82, 2.24) is 5.32 Å². The lowest BCUT2D eigenvalue weighted by molar-refractivity contribution is 0.195. The fourth-order valence-corrected chi connectivity index (χ4v) is 3.27. The van der Waals surface area contributed by atoms with Gasteiger partial charge in [-0.2, -0.15) is 0 Å². The molecule has 118 valence electrons. The highest BCUT2D eigenvalue weighted by Gasteiger charge is 2.20. The second kappa shape index (κ2) is 8.64. The molecule has 0 spiro atoms. The quantitative estimate of drug-likeness (QED) is 0.687. The van der Waals surface area contributed by atoms with E-state index < -0.39 is 0 Å². The van der Waals surface area contributed by atoms with E-state index in [4.69, 9.17) is 9.47 Å². The van der Waals surface area contributed by atoms with Crippen molar-refractivity contribution < 1.29 is 9.47 Å². The predicted molar refractivity (Wildman–Crippen MR) is 90.2 cm³/mol. The molecule has 1 aromatic carbocycles. The highest BCUT2D eigenvalue weighted by molar-refractivity contribution is 9.10. The number of halogens is 1. The topological polar surface area (TPSA) is 30.5 Å². The summed E-state index contributed by atoms with van der Waals surface area (Å²) in [6, 6.07) is 4.23. The van der Waals surface area contributed by atoms with Crippen LogP contribution in [0, 0.1) is 0 Å². The van der Waals surface area contributed by atoms with Gasteiger partial charge in [0.2, 0.25) is 0 Å². The van der Waals surface area contributed by atoms with Crippen LogP contribution in [-0.2, 0) is 6.54 Å². The molecule has 21 heavy (non-hydrogen) atoms. The van der Waals surface area contributed by atoms with Gasteiger partial charge in [-0.05, 0) is 79.2 Å². The van der Waals surface area contributed by atoms with Crippen molar-refractivity contribution in [1.29, 1.82) is 0 Å². The van der Waals surface area contributed by atoms with Crippen molar-refractivity contribution in [2.45, 2.75) is 58.6 Å². The zero-order chi connectivity index (χ0) is 15.1. The lowest BCUT2D eigenvalue weighted by Gasteiger charge is -2.19. The van der Waals surface area contributed by atoms with Gasteiger partial charge in [-0.3, -0.25) is 0 Å². The Kier molecular flexibility index (Phi) is 6.84. The molecule has 0 unspecified atom stereocenters. The fraction of sp³-hybridized carbons (Fsp3) is 0.647. The van der Waals surface area contributed by atoms with Gasteiger partial charge < -0.3 is 14.8 Å². The Bertz CT molecular complexity index is 445. The van der Waals surface area contributed by atoms with Gasteiger partial charge in [0.15, 0.2) is 11.5 Å². The molecule has 1 aliphatic carbocycles. The maximum absolute atomic E-state index is 6.18. The molecular weight excluding hydrogens is 330 g/mol. The van der Waals surface area contributed by atoms with Crippen molar-refractivity contribution in [2.24, 2.45) is 0 Å². The number of nitrogens with one attached hydrogen (secondary N) is 1. The van der Waals surface area contributed by atoms with Crippen molar-refractivity contribution in [3.05, 3.63) is 22.2 Å². The maximum Gasteiger partial charge on any atom is 0.175 e. The van der Waals surface area contributed by atoms with Gasteiger partial charge in [-0.15, -0.1) is 0 Å². The summed E-state index contributed by atoms with van der Waals surface area (Å²) in [6.45, 7) is 6.72. The number of hydrogen-bond acceptors (Lipinski definition) is 3. The summed E-state index contributed by atoms with van der Waals surface area (Å²) in [5.41, 5.74) is 1.22. The fourth-order valence-electron chi connectivity index (χ4n) is 2.68. The minimum absolute atomic E-state index is 0.338. The molecule has 4 heteroatoms. The summed E-state index contributed by atoms with van der Waals surface area (Å²) in [7, 11) is 0. The van der Waals surface area contributed by atoms with Crippen LogP contribution in [0.4, 0.5) is 0 Å². The second-order valence-electron chi connectivity index (χ2n) is 5.54. The first kappa shape index (κ1) is 16.6. The highest BCUT2D eigenvalue weighted by Crippen LogP contribution is 2.39. The Morgan fingerprint density at radius 1 is 1.24 bits per heavy atom. The number of hydrogen-bond donors (Lipinski definition) is 1. The Morgan fingerprint density at radius 2 is 2.00 bits per heavy atom. The maximum atomic E-state index is 6.18. The third-order valence-corrected chi connectivity index (χ3v) is 4.30. The molecule has 1 aliphatic rings. The monoisotopic (exact) mass is 355 g/mol. The van der Waals surface area contributed by atoms with E-state index in [0.717, 1.165) is 48.3 Å². The zero-order valence-electron chi connectivity index (χ0n) is 13.1. The molecule has 1 N–H and O–H groups in total. The summed E-state index contributed by atoms with van der Waals surface area (Å²) in [4.78, 5) is 0. The number of rotatable bonds is 8. The van der Waals surface area contributed by atoms with Crippen LogP contribution in [-0.4, -0.2) is 19.3 Å². The van der Waals surface area contributed by atoms with Gasteiger partial charge in [-0.1, -0.05) is 6.92 Å². The van der Waals surface area contributed by atoms with Crippen LogP contribution in [0.5, 0.6) is 11.5 Å². The van der Waals surface area contributed by atoms with E-state index in [1.165, 1.54) is 18.4 Å². The Labute approximate surface area is 136 Å². The van der Waals surface area contributed by atoms with E-state index in [9.17, 15) is 0 Å². The number of benzene rings is 1. The molecule has 2 rings (SSSR count). The SMILES string of the molecule is CCCNCc1cc(Br)c(OC2CCCC2)c(OCC)c1. The molecular formula is C17H26BrNO2. The normalized spacial score (nSPS) is 15.4. The Balaban J connectivity index is 2.13. The molecule has 0 aliphatic heterocycles. The van der Waals surface area contributed by atoms with Crippen LogP contribution >= 0.6 is 15.9 Å². The van der Waals surface area contributed by atoms with Crippen molar-refractivity contribution in [3.8, 4) is 11.5 Å². The first-order chi connectivity index (χ1) is 10.2. The van der Waals surface area contributed by atoms with Crippen LogP contribution in [0.1, 0.15) is 51.5 Å². The first-order valence-corrected chi connectivity index (χ1v) is 8.86. The first-order valence-electron chi connectivity index (χ1n) is 8.07. The standard InChI is InChI=1S/C17H26BrNO2/c1-3-9-19-12-13-10-15(18)17(16(11-13)20-4-2)21-14-7-5-6-8-14/h10-11,14,19H,3-9,12H2,1-2H3. The minimum Gasteiger partial charge on any atom is -0.490 e. The minimum atomic E-state index is 0.338. The van der Waals surface area contributed by atoms with E-state index in [0.29, 0.717) is 12.7 Å². The van der Waals surface area contributed by atoms with Crippen molar-refractivity contribution in [3.63, 3.8) is 0 Å². The third kappa shape index (κ3) is 4.89. The lowest BCUT2D eigenvalue weighted by Crippen LogP contribution is -2.15. The van der Waals surface area contributed by atoms with Gasteiger partial charge in [0.1, 0.15) is 0 Å². The van der Waals surface area contributed by atoms with Crippen LogP contribution < -0.4 is 14.8 Å². The zero-order valence-corrected chi connectivity index (χ0v) is 14.7. The van der Waals surface area contributed by atoms with Gasteiger partial charge >= 0.3 is 0 Å². The van der Waals surface area contributed by atoms with Crippen LogP contribution in [0.3, 0.4) is 0 Å². The van der Waals surface area contributed by atoms with Crippen LogP contribution in [0.15, 0.2) is 16.6 Å². The van der Waals surface area contributed by atoms with E-state index in [1.807, 2.05) is 6.92 Å². The average molecular weight is 356 g/mol. The summed E-state index contributed by atoms with van der Waals surface area (Å²) >= 11 is 3.65. The molecule has 1 fully saturated rings. The molecule has 0 atom stereocenters. The molecule has 0 aromatic heterocycles. The summed E-state index contributed by atoms with van der Waals surface area (Å²) in [5.74, 6) is 1.72. The van der Waals surface area contributed by atoms with Gasteiger partial charge in [0.25, 0.3) is 0 Å². The molecule has 0 heterocycles. The molecule has 1 saturated carbocycles. The summed E-state index contributed by atoms with van der Waals surface area (Å²) in [5, 5.41) is 3.42. The molecule has 0 amide bonds. The van der Waals surface area contributed by atoms with Gasteiger partial charge in [-0.25, -0.2) is 0 Å². The van der Waals surface area contributed by atoms with E-state index >= 15 is 0 Å². The lowest BCUT2D eigenvalue weighted by atomic mass is 10.2. The van der Waals surface area contributed by atoms with Crippen molar-refractivity contribution >= 4 is 15.9 Å². The average Bonchev–Trinajstić information content (AvgIpc) is 2.96. The smallest absolute Gasteiger partial charge is 0.175 e. The van der Waals surface area contributed by atoms with E-state index in [-0.39, 0.29) is 0 Å². The molecule has 0 bridgehead atoms. The third-order valence-electron chi connectivity index (χ3n) is 3.71. The molecule has 1 aromatic rings. The largest absolute Gasteiger partial charge is 0.490 e. The van der Waals surface area contributed by atoms with Crippen LogP contribution in [0.25, 0.3) is 0 Å². The molecule has 0 radical (unpaired) electrons. The van der Waals surface area contributed by atoms with E-state index in [2.05, 4.69) is 40.3 Å². The summed E-state index contributed by atoms with van der Waals surface area (Å²) < 4.78 is 13.0. The summed E-state index contributed by atoms with van der Waals surface area (Å²) in [6.07, 6.45) is 6.32. The predicted octanol–water partition coefficient (Wildman–Crippen LogP) is 4.67. The molecule has 0 saturated heterocycles. The Morgan fingerprint density at radius 3 is 2.67 bits per heavy atom. The highest BCUT2D eigenvalue weighted by atomic mass is 79.9. The van der Waals surface area contributed by atoms with Gasteiger partial charge in [0, 0.05) is 6.54 Å². The molecule has 3 nitrogen and oxygen atoms in total. The van der Waals surface area contributed by atoms with Crippen molar-refractivity contribution in [2.75, 3.05) is 13.2 Å². The van der Waals surface area contributed by atoms with Gasteiger partial charge in [0.05, 0.1) is 17.2 Å². The number of ether oxygens (including phenoxy) is 2. The van der Waals surface area contributed by atoms with Crippen LogP contribution in [0.2, 0.25) is 0 Å².